The minimum Gasteiger partial charge on any atom is -0.397 e. The fourth-order valence-corrected chi connectivity index (χ4v) is 0. The second-order valence-electron chi connectivity index (χ2n) is 1.16. The Morgan fingerprint density at radius 1 is 1.38 bits per heavy atom. The quantitative estimate of drug-likeness (QED) is 0.309. The zero-order valence-corrected chi connectivity index (χ0v) is 5.04. The topological polar surface area (TPSA) is 92.5 Å². The van der Waals surface area contributed by atoms with Gasteiger partial charge in [-0.25, -0.2) is 0 Å². The molecule has 0 heterocycles. The van der Waals surface area contributed by atoms with Crippen LogP contribution < -0.4 is 11.5 Å². The second-order valence-corrected chi connectivity index (χ2v) is 1.16. The lowest BCUT2D eigenvalue weighted by atomic mass is 10.6. The third kappa shape index (κ3) is 40.4. The normalized spacial score (nSPS) is 8.25. The summed E-state index contributed by atoms with van der Waals surface area (Å²) in [4.78, 5) is 0. The van der Waals surface area contributed by atoms with E-state index in [1.54, 1.807) is 6.92 Å². The summed E-state index contributed by atoms with van der Waals surface area (Å²) < 4.78 is 0. The molecule has 6 N–H and O–H groups in total. The molecule has 8 heavy (non-hydrogen) atoms. The first-order valence-electron chi connectivity index (χ1n) is 2.41. The minimum absolute atomic E-state index is 0.139. The van der Waals surface area contributed by atoms with Crippen molar-refractivity contribution in [2.24, 2.45) is 11.5 Å². The van der Waals surface area contributed by atoms with E-state index in [4.69, 9.17) is 21.7 Å². The van der Waals surface area contributed by atoms with Crippen molar-refractivity contribution < 1.29 is 10.2 Å². The molecule has 4 heteroatoms. The van der Waals surface area contributed by atoms with Crippen molar-refractivity contribution in [3.05, 3.63) is 0 Å². The molecule has 0 aromatic rings. The molecule has 0 rings (SSSR count). The van der Waals surface area contributed by atoms with Crippen LogP contribution in [-0.2, 0) is 0 Å². The number of aliphatic hydroxyl groups excluding tert-OH is 2. The summed E-state index contributed by atoms with van der Waals surface area (Å²) in [5, 5.41) is 15.5. The van der Waals surface area contributed by atoms with Crippen LogP contribution in [0, 0.1) is 0 Å². The molecule has 0 radical (unpaired) electrons. The number of hydrogen-bond donors (Lipinski definition) is 4. The lowest BCUT2D eigenvalue weighted by Crippen LogP contribution is -2.33. The standard InChI is InChI=1S/C2H8N2O.C2H6O/c3-2(4)1-5;1-2-3/h2,5H,1,3-4H2;3H,2H2,1H3. The Labute approximate surface area is 49.1 Å². The van der Waals surface area contributed by atoms with Crippen molar-refractivity contribution in [1.29, 1.82) is 0 Å². The van der Waals surface area contributed by atoms with Crippen LogP contribution in [0.3, 0.4) is 0 Å². The molecule has 0 saturated heterocycles. The van der Waals surface area contributed by atoms with Crippen molar-refractivity contribution >= 4 is 0 Å². The van der Waals surface area contributed by atoms with Gasteiger partial charge in [0.2, 0.25) is 0 Å². The van der Waals surface area contributed by atoms with Crippen molar-refractivity contribution in [1.82, 2.24) is 0 Å². The Balaban J connectivity index is 0. The highest BCUT2D eigenvalue weighted by Crippen LogP contribution is 1.49. The summed E-state index contributed by atoms with van der Waals surface area (Å²) >= 11 is 0. The lowest BCUT2D eigenvalue weighted by molar-refractivity contribution is 0.268. The van der Waals surface area contributed by atoms with Crippen LogP contribution >= 0.6 is 0 Å². The number of hydrogen-bond acceptors (Lipinski definition) is 4. The molecule has 0 aliphatic rings. The average molecular weight is 122 g/mol. The first-order valence-corrected chi connectivity index (χ1v) is 2.41. The Hall–Kier alpha value is -0.160. The second kappa shape index (κ2) is 9.96. The molecule has 4 nitrogen and oxygen atoms in total. The summed E-state index contributed by atoms with van der Waals surface area (Å²) in [5.41, 5.74) is 9.64. The Kier molecular flexibility index (Phi) is 13.4. The van der Waals surface area contributed by atoms with Crippen LogP contribution in [-0.4, -0.2) is 29.6 Å². The third-order valence-corrected chi connectivity index (χ3v) is 0.211. The molecule has 0 aliphatic carbocycles. The van der Waals surface area contributed by atoms with Crippen molar-refractivity contribution in [3.8, 4) is 0 Å². The van der Waals surface area contributed by atoms with E-state index in [1.807, 2.05) is 0 Å². The fourth-order valence-electron chi connectivity index (χ4n) is 0. The molecular weight excluding hydrogens is 108 g/mol. The zero-order valence-electron chi connectivity index (χ0n) is 5.04. The van der Waals surface area contributed by atoms with Gasteiger partial charge >= 0.3 is 0 Å². The van der Waals surface area contributed by atoms with Crippen molar-refractivity contribution in [3.63, 3.8) is 0 Å². The number of nitrogens with two attached hydrogens (primary N) is 2. The van der Waals surface area contributed by atoms with E-state index in [9.17, 15) is 0 Å². The maximum atomic E-state index is 7.89. The molecule has 0 spiro atoms. The Bertz CT molecular complexity index is 33.2. The van der Waals surface area contributed by atoms with Crippen LogP contribution in [0.2, 0.25) is 0 Å². The molecule has 0 aromatic carbocycles. The van der Waals surface area contributed by atoms with E-state index in [0.717, 1.165) is 0 Å². The SMILES string of the molecule is CCO.NC(N)CO. The van der Waals surface area contributed by atoms with E-state index < -0.39 is 6.17 Å². The highest BCUT2D eigenvalue weighted by atomic mass is 16.3. The maximum absolute atomic E-state index is 7.89. The Morgan fingerprint density at radius 2 is 1.50 bits per heavy atom. The number of rotatable bonds is 1. The fraction of sp³-hybridized carbons (Fsp3) is 1.00. The van der Waals surface area contributed by atoms with Crippen LogP contribution in [0.4, 0.5) is 0 Å². The first-order chi connectivity index (χ1) is 3.68. The summed E-state index contributed by atoms with van der Waals surface area (Å²) in [5.74, 6) is 0. The van der Waals surface area contributed by atoms with Crippen LogP contribution in [0.5, 0.6) is 0 Å². The van der Waals surface area contributed by atoms with Gasteiger partial charge in [0, 0.05) is 6.61 Å². The van der Waals surface area contributed by atoms with Gasteiger partial charge < -0.3 is 21.7 Å². The molecular formula is C4H14N2O2. The van der Waals surface area contributed by atoms with Gasteiger partial charge in [0.25, 0.3) is 0 Å². The monoisotopic (exact) mass is 122 g/mol. The maximum Gasteiger partial charge on any atom is 0.0759 e. The van der Waals surface area contributed by atoms with Gasteiger partial charge in [0.15, 0.2) is 0 Å². The van der Waals surface area contributed by atoms with Crippen LogP contribution in [0.1, 0.15) is 6.92 Å². The predicted octanol–water partition coefficient (Wildman–Crippen LogP) is -1.78. The van der Waals surface area contributed by atoms with Crippen LogP contribution in [0.15, 0.2) is 0 Å². The minimum atomic E-state index is -0.560. The smallest absolute Gasteiger partial charge is 0.0759 e. The highest BCUT2D eigenvalue weighted by Gasteiger charge is 1.80. The molecule has 0 aromatic heterocycles. The summed E-state index contributed by atoms with van der Waals surface area (Å²) in [6, 6.07) is 0. The Morgan fingerprint density at radius 3 is 1.50 bits per heavy atom. The summed E-state index contributed by atoms with van der Waals surface area (Å²) in [7, 11) is 0. The van der Waals surface area contributed by atoms with E-state index >= 15 is 0 Å². The number of aliphatic hydroxyl groups is 2. The molecule has 0 amide bonds. The molecule has 0 fully saturated rings. The van der Waals surface area contributed by atoms with E-state index in [0.29, 0.717) is 0 Å². The van der Waals surface area contributed by atoms with Crippen LogP contribution in [0.25, 0.3) is 0 Å². The third-order valence-electron chi connectivity index (χ3n) is 0.211. The van der Waals surface area contributed by atoms with Gasteiger partial charge in [-0.15, -0.1) is 0 Å². The summed E-state index contributed by atoms with van der Waals surface area (Å²) in [6.45, 7) is 1.79. The average Bonchev–Trinajstić information content (AvgIpc) is 1.69. The van der Waals surface area contributed by atoms with Gasteiger partial charge in [-0.3, -0.25) is 0 Å². The molecule has 0 bridgehead atoms. The predicted molar refractivity (Wildman–Crippen MR) is 32.0 cm³/mol. The van der Waals surface area contributed by atoms with E-state index in [1.165, 1.54) is 0 Å². The first kappa shape index (κ1) is 10.8. The highest BCUT2D eigenvalue weighted by molar-refractivity contribution is 4.40. The van der Waals surface area contributed by atoms with Gasteiger partial charge in [0.1, 0.15) is 0 Å². The van der Waals surface area contributed by atoms with Gasteiger partial charge in [-0.2, -0.15) is 0 Å². The largest absolute Gasteiger partial charge is 0.397 e. The van der Waals surface area contributed by atoms with Gasteiger partial charge in [-0.05, 0) is 6.92 Å². The van der Waals surface area contributed by atoms with E-state index in [2.05, 4.69) is 0 Å². The lowest BCUT2D eigenvalue weighted by Gasteiger charge is -1.92. The molecule has 0 saturated carbocycles. The summed E-state index contributed by atoms with van der Waals surface area (Å²) in [6.07, 6.45) is -0.560. The van der Waals surface area contributed by atoms with Crippen molar-refractivity contribution in [2.75, 3.05) is 13.2 Å². The van der Waals surface area contributed by atoms with Gasteiger partial charge in [-0.1, -0.05) is 0 Å². The van der Waals surface area contributed by atoms with E-state index in [-0.39, 0.29) is 13.2 Å². The van der Waals surface area contributed by atoms with Crippen molar-refractivity contribution in [2.45, 2.75) is 13.1 Å². The molecule has 0 unspecified atom stereocenters. The van der Waals surface area contributed by atoms with Gasteiger partial charge in [0.05, 0.1) is 12.8 Å². The molecule has 52 valence electrons. The zero-order chi connectivity index (χ0) is 6.99. The molecule has 0 aliphatic heterocycles. The molecule has 0 atom stereocenters.